The van der Waals surface area contributed by atoms with Crippen LogP contribution < -0.4 is 0 Å². The van der Waals surface area contributed by atoms with Gasteiger partial charge in [0.1, 0.15) is 6.10 Å². The fraction of sp³-hybridized carbons (Fsp3) is 0.923. The van der Waals surface area contributed by atoms with Gasteiger partial charge in [-0.2, -0.15) is 0 Å². The van der Waals surface area contributed by atoms with Gasteiger partial charge in [-0.1, -0.05) is 27.2 Å². The van der Waals surface area contributed by atoms with Gasteiger partial charge in [-0.25, -0.2) is 0 Å². The lowest BCUT2D eigenvalue weighted by Gasteiger charge is -2.32. The first kappa shape index (κ1) is 13.7. The smallest absolute Gasteiger partial charge is 0.165 e. The maximum Gasteiger partial charge on any atom is 0.165 e. The van der Waals surface area contributed by atoms with Gasteiger partial charge in [0.25, 0.3) is 0 Å². The van der Waals surface area contributed by atoms with E-state index in [1.807, 2.05) is 6.92 Å². The second-order valence-electron chi connectivity index (χ2n) is 4.75. The Hall–Kier alpha value is -0.410. The van der Waals surface area contributed by atoms with Crippen LogP contribution in [0.25, 0.3) is 0 Å². The number of ether oxygens (including phenoxy) is 1. The van der Waals surface area contributed by atoms with Crippen molar-refractivity contribution in [2.45, 2.75) is 46.1 Å². The van der Waals surface area contributed by atoms with E-state index >= 15 is 0 Å². The maximum absolute atomic E-state index is 12.1. The maximum atomic E-state index is 12.1. The fourth-order valence-corrected chi connectivity index (χ4v) is 2.29. The van der Waals surface area contributed by atoms with Crippen molar-refractivity contribution in [2.75, 3.05) is 26.2 Å². The molecule has 1 aliphatic heterocycles. The monoisotopic (exact) mass is 227 g/mol. The third kappa shape index (κ3) is 3.87. The highest BCUT2D eigenvalue weighted by atomic mass is 16.5. The highest BCUT2D eigenvalue weighted by Gasteiger charge is 2.28. The summed E-state index contributed by atoms with van der Waals surface area (Å²) in [4.78, 5) is 14.4. The van der Waals surface area contributed by atoms with Gasteiger partial charge >= 0.3 is 0 Å². The van der Waals surface area contributed by atoms with E-state index in [0.717, 1.165) is 38.9 Å². The third-order valence-corrected chi connectivity index (χ3v) is 3.22. The summed E-state index contributed by atoms with van der Waals surface area (Å²) in [7, 11) is 0. The average molecular weight is 227 g/mol. The zero-order chi connectivity index (χ0) is 12.0. The molecule has 0 saturated carbocycles. The summed E-state index contributed by atoms with van der Waals surface area (Å²) in [6, 6.07) is 0. The first-order valence-electron chi connectivity index (χ1n) is 6.56. The average Bonchev–Trinajstić information content (AvgIpc) is 2.29. The molecule has 0 aromatic carbocycles. The number of nitrogens with zero attached hydrogens (tertiary/aromatic N) is 1. The summed E-state index contributed by atoms with van der Waals surface area (Å²) in [5.74, 6) is 0.444. The van der Waals surface area contributed by atoms with E-state index in [-0.39, 0.29) is 12.0 Å². The SMILES string of the molecule is CCCC(C)C(=O)C1CN(CCC)CCO1. The Labute approximate surface area is 99.1 Å². The molecule has 16 heavy (non-hydrogen) atoms. The predicted octanol–water partition coefficient (Wildman–Crippen LogP) is 2.10. The van der Waals surface area contributed by atoms with E-state index in [4.69, 9.17) is 4.74 Å². The number of ketones is 1. The van der Waals surface area contributed by atoms with Crippen molar-refractivity contribution in [1.82, 2.24) is 4.90 Å². The van der Waals surface area contributed by atoms with Gasteiger partial charge in [-0.05, 0) is 19.4 Å². The topological polar surface area (TPSA) is 29.5 Å². The van der Waals surface area contributed by atoms with E-state index in [9.17, 15) is 4.79 Å². The molecule has 94 valence electrons. The molecule has 0 aliphatic carbocycles. The van der Waals surface area contributed by atoms with Crippen molar-refractivity contribution in [3.63, 3.8) is 0 Å². The van der Waals surface area contributed by atoms with E-state index in [1.165, 1.54) is 0 Å². The molecular weight excluding hydrogens is 202 g/mol. The molecule has 1 rings (SSSR count). The molecule has 2 unspecified atom stereocenters. The molecule has 0 radical (unpaired) electrons. The Morgan fingerprint density at radius 2 is 2.19 bits per heavy atom. The standard InChI is InChI=1S/C13H25NO2/c1-4-6-11(3)13(15)12-10-14(7-5-2)8-9-16-12/h11-12H,4-10H2,1-3H3. The summed E-state index contributed by atoms with van der Waals surface area (Å²) in [6.07, 6.45) is 3.01. The Morgan fingerprint density at radius 3 is 2.81 bits per heavy atom. The molecule has 3 heteroatoms. The van der Waals surface area contributed by atoms with Gasteiger partial charge in [0.15, 0.2) is 5.78 Å². The minimum absolute atomic E-state index is 0.150. The predicted molar refractivity (Wildman–Crippen MR) is 65.6 cm³/mol. The Bertz CT molecular complexity index is 216. The van der Waals surface area contributed by atoms with Crippen LogP contribution in [0.5, 0.6) is 0 Å². The number of morpholine rings is 1. The lowest BCUT2D eigenvalue weighted by Crippen LogP contribution is -2.47. The highest BCUT2D eigenvalue weighted by Crippen LogP contribution is 2.14. The van der Waals surface area contributed by atoms with Crippen molar-refractivity contribution in [3.05, 3.63) is 0 Å². The van der Waals surface area contributed by atoms with Crippen molar-refractivity contribution in [3.8, 4) is 0 Å². The number of hydrogen-bond acceptors (Lipinski definition) is 3. The number of carbonyl (C=O) groups is 1. The van der Waals surface area contributed by atoms with E-state index in [2.05, 4.69) is 18.7 Å². The van der Waals surface area contributed by atoms with E-state index < -0.39 is 0 Å². The largest absolute Gasteiger partial charge is 0.368 e. The van der Waals surface area contributed by atoms with Crippen molar-refractivity contribution in [2.24, 2.45) is 5.92 Å². The van der Waals surface area contributed by atoms with Crippen LogP contribution >= 0.6 is 0 Å². The number of carbonyl (C=O) groups excluding carboxylic acids is 1. The quantitative estimate of drug-likeness (QED) is 0.696. The first-order chi connectivity index (χ1) is 7.69. The van der Waals surface area contributed by atoms with Crippen LogP contribution in [0.1, 0.15) is 40.0 Å². The van der Waals surface area contributed by atoms with Crippen LogP contribution in [0.15, 0.2) is 0 Å². The summed E-state index contributed by atoms with van der Waals surface area (Å²) in [6.45, 7) is 9.86. The first-order valence-corrected chi connectivity index (χ1v) is 6.56. The summed E-state index contributed by atoms with van der Waals surface area (Å²) >= 11 is 0. The molecule has 0 aromatic heterocycles. The molecule has 0 amide bonds. The molecule has 1 aliphatic rings. The minimum Gasteiger partial charge on any atom is -0.368 e. The third-order valence-electron chi connectivity index (χ3n) is 3.22. The van der Waals surface area contributed by atoms with Crippen molar-refractivity contribution < 1.29 is 9.53 Å². The Morgan fingerprint density at radius 1 is 1.44 bits per heavy atom. The van der Waals surface area contributed by atoms with Gasteiger partial charge in [-0.15, -0.1) is 0 Å². The molecule has 1 fully saturated rings. The van der Waals surface area contributed by atoms with E-state index in [0.29, 0.717) is 12.4 Å². The lowest BCUT2D eigenvalue weighted by atomic mass is 9.96. The van der Waals surface area contributed by atoms with Gasteiger partial charge in [-0.3, -0.25) is 9.69 Å². The highest BCUT2D eigenvalue weighted by molar-refractivity contribution is 5.85. The van der Waals surface area contributed by atoms with Gasteiger partial charge in [0.05, 0.1) is 6.61 Å². The molecule has 1 heterocycles. The molecule has 0 N–H and O–H groups in total. The minimum atomic E-state index is -0.179. The van der Waals surface area contributed by atoms with Crippen LogP contribution in [-0.4, -0.2) is 43.0 Å². The number of Topliss-reactive ketones (excluding diaryl/α,β-unsaturated/α-hetero) is 1. The van der Waals surface area contributed by atoms with Gasteiger partial charge in [0.2, 0.25) is 0 Å². The van der Waals surface area contributed by atoms with Crippen LogP contribution in [0, 0.1) is 5.92 Å². The molecule has 1 saturated heterocycles. The number of hydrogen-bond donors (Lipinski definition) is 0. The second-order valence-corrected chi connectivity index (χ2v) is 4.75. The summed E-state index contributed by atoms with van der Waals surface area (Å²) < 4.78 is 5.59. The Balaban J connectivity index is 2.43. The van der Waals surface area contributed by atoms with Crippen LogP contribution in [0.2, 0.25) is 0 Å². The normalized spacial score (nSPS) is 24.3. The molecule has 0 spiro atoms. The molecule has 0 aromatic rings. The van der Waals surface area contributed by atoms with Crippen molar-refractivity contribution >= 4 is 5.78 Å². The summed E-state index contributed by atoms with van der Waals surface area (Å²) in [5, 5.41) is 0. The van der Waals surface area contributed by atoms with Crippen LogP contribution in [-0.2, 0) is 9.53 Å². The van der Waals surface area contributed by atoms with Gasteiger partial charge < -0.3 is 4.74 Å². The molecule has 0 bridgehead atoms. The fourth-order valence-electron chi connectivity index (χ4n) is 2.29. The molecule has 2 atom stereocenters. The summed E-state index contributed by atoms with van der Waals surface area (Å²) in [5.41, 5.74) is 0. The zero-order valence-corrected chi connectivity index (χ0v) is 10.9. The van der Waals surface area contributed by atoms with Crippen molar-refractivity contribution in [1.29, 1.82) is 0 Å². The van der Waals surface area contributed by atoms with Crippen LogP contribution in [0.3, 0.4) is 0 Å². The van der Waals surface area contributed by atoms with E-state index in [1.54, 1.807) is 0 Å². The zero-order valence-electron chi connectivity index (χ0n) is 10.9. The van der Waals surface area contributed by atoms with Gasteiger partial charge in [0, 0.05) is 19.0 Å². The molecule has 3 nitrogen and oxygen atoms in total. The second kappa shape index (κ2) is 7.02. The Kier molecular flexibility index (Phi) is 5.99. The lowest BCUT2D eigenvalue weighted by molar-refractivity contribution is -0.140. The van der Waals surface area contributed by atoms with Crippen LogP contribution in [0.4, 0.5) is 0 Å². The number of rotatable bonds is 6. The molecular formula is C13H25NO2.